The number of hydrogen-bond donors (Lipinski definition) is 0. The third kappa shape index (κ3) is 2.23. The van der Waals surface area contributed by atoms with Gasteiger partial charge in [-0.2, -0.15) is 0 Å². The normalized spacial score (nSPS) is 9.56. The van der Waals surface area contributed by atoms with E-state index in [4.69, 9.17) is 11.3 Å². The van der Waals surface area contributed by atoms with E-state index in [1.54, 1.807) is 30.3 Å². The molecule has 2 aromatic carbocycles. The molecule has 0 aromatic heterocycles. The Morgan fingerprint density at radius 2 is 1.83 bits per heavy atom. The fourth-order valence-corrected chi connectivity index (χ4v) is 1.67. The molecule has 0 heterocycles. The standard InChI is InChI=1S/C15H11NO2/c1-16-13-9-8-12(10-14(13)18-2)15(17)11-6-4-3-5-7-11/h3-10H,2H3/i1-1. The van der Waals surface area contributed by atoms with Crippen LogP contribution in [0.4, 0.5) is 5.69 Å². The predicted octanol–water partition coefficient (Wildman–Crippen LogP) is 3.48. The summed E-state index contributed by atoms with van der Waals surface area (Å²) < 4.78 is 5.10. The number of ketones is 1. The van der Waals surface area contributed by atoms with Gasteiger partial charge in [0, 0.05) is 11.1 Å². The smallest absolute Gasteiger partial charge is 0.228 e. The second kappa shape index (κ2) is 5.15. The van der Waals surface area contributed by atoms with Gasteiger partial charge < -0.3 is 4.74 Å². The van der Waals surface area contributed by atoms with Crippen molar-refractivity contribution >= 4 is 11.5 Å². The molecule has 0 unspecified atom stereocenters. The molecule has 0 saturated heterocycles. The first-order valence-corrected chi connectivity index (χ1v) is 5.41. The van der Waals surface area contributed by atoms with E-state index >= 15 is 0 Å². The van der Waals surface area contributed by atoms with Crippen LogP contribution in [0.1, 0.15) is 15.9 Å². The van der Waals surface area contributed by atoms with E-state index in [0.717, 1.165) is 0 Å². The van der Waals surface area contributed by atoms with Crippen molar-refractivity contribution < 1.29 is 9.53 Å². The molecule has 3 nitrogen and oxygen atoms in total. The molecule has 3 heteroatoms. The Balaban J connectivity index is 2.41. The molecule has 0 aliphatic carbocycles. The van der Waals surface area contributed by atoms with E-state index in [-0.39, 0.29) is 5.78 Å². The molecule has 0 atom stereocenters. The molecule has 18 heavy (non-hydrogen) atoms. The van der Waals surface area contributed by atoms with Crippen molar-refractivity contribution in [2.45, 2.75) is 0 Å². The summed E-state index contributed by atoms with van der Waals surface area (Å²) in [5.74, 6) is 0.345. The Kier molecular flexibility index (Phi) is 3.40. The summed E-state index contributed by atoms with van der Waals surface area (Å²) in [4.78, 5) is 15.5. The van der Waals surface area contributed by atoms with Crippen LogP contribution in [-0.4, -0.2) is 12.9 Å². The molecule has 0 saturated carbocycles. The lowest BCUT2D eigenvalue weighted by Crippen LogP contribution is -2.01. The summed E-state index contributed by atoms with van der Waals surface area (Å²) in [6.07, 6.45) is 0. The highest BCUT2D eigenvalue weighted by Crippen LogP contribution is 2.29. The number of rotatable bonds is 3. The Morgan fingerprint density at radius 3 is 2.44 bits per heavy atom. The molecule has 0 spiro atoms. The summed E-state index contributed by atoms with van der Waals surface area (Å²) in [7, 11) is 1.49. The van der Waals surface area contributed by atoms with Gasteiger partial charge in [0.2, 0.25) is 5.69 Å². The number of carbonyl (C=O) groups is 1. The molecular weight excluding hydrogens is 225 g/mol. The summed E-state index contributed by atoms with van der Waals surface area (Å²) in [5.41, 5.74) is 1.54. The maximum absolute atomic E-state index is 12.2. The quantitative estimate of drug-likeness (QED) is 0.603. The third-order valence-corrected chi connectivity index (χ3v) is 2.60. The second-order valence-electron chi connectivity index (χ2n) is 3.69. The van der Waals surface area contributed by atoms with E-state index < -0.39 is 0 Å². The second-order valence-corrected chi connectivity index (χ2v) is 3.69. The molecule has 2 aromatic rings. The van der Waals surface area contributed by atoms with Gasteiger partial charge >= 0.3 is 0 Å². The van der Waals surface area contributed by atoms with Gasteiger partial charge in [-0.15, -0.1) is 0 Å². The minimum absolute atomic E-state index is 0.0783. The summed E-state index contributed by atoms with van der Waals surface area (Å²) in [6, 6.07) is 13.9. The Hall–Kier alpha value is -2.60. The van der Waals surface area contributed by atoms with Crippen LogP contribution >= 0.6 is 0 Å². The van der Waals surface area contributed by atoms with Crippen molar-refractivity contribution in [2.75, 3.05) is 7.11 Å². The maximum Gasteiger partial charge on any atom is 0.228 e. The minimum Gasteiger partial charge on any atom is -0.508 e. The van der Waals surface area contributed by atoms with Crippen LogP contribution in [-0.2, 0) is 0 Å². The number of benzene rings is 2. The molecule has 2 rings (SSSR count). The van der Waals surface area contributed by atoms with Crippen molar-refractivity contribution in [1.82, 2.24) is 0 Å². The van der Waals surface area contributed by atoms with Crippen molar-refractivity contribution in [3.63, 3.8) is 0 Å². The van der Waals surface area contributed by atoms with Crippen molar-refractivity contribution in [2.24, 2.45) is 0 Å². The monoisotopic (exact) mass is 236 g/mol. The van der Waals surface area contributed by atoms with Gasteiger partial charge in [-0.25, -0.2) is 4.85 Å². The van der Waals surface area contributed by atoms with E-state index in [9.17, 15) is 4.79 Å². The zero-order valence-corrected chi connectivity index (χ0v) is 9.88. The minimum atomic E-state index is -0.0783. The lowest BCUT2D eigenvalue weighted by molar-refractivity contribution is 0.103. The number of methoxy groups -OCH3 is 1. The first kappa shape index (κ1) is 11.9. The number of carbonyl (C=O) groups excluding carboxylic acids is 1. The average molecular weight is 236 g/mol. The van der Waals surface area contributed by atoms with Gasteiger partial charge in [0.25, 0.3) is 0 Å². The SMILES string of the molecule is COc1cc(C(=O)c2ccccc2)ccc1[N+]#[11C-]. The summed E-state index contributed by atoms with van der Waals surface area (Å²) >= 11 is 0. The van der Waals surface area contributed by atoms with Crippen LogP contribution in [0.3, 0.4) is 0 Å². The molecular formula is C15H11NO2. The zero-order valence-electron chi connectivity index (χ0n) is 9.88. The summed E-state index contributed by atoms with van der Waals surface area (Å²) in [5, 5.41) is 0. The van der Waals surface area contributed by atoms with E-state index in [2.05, 4.69) is 4.85 Å². The Labute approximate surface area is 105 Å². The molecule has 88 valence electrons. The Morgan fingerprint density at radius 1 is 1.11 bits per heavy atom. The molecule has 0 radical (unpaired) electrons. The average Bonchev–Trinajstić information content (AvgIpc) is 2.46. The van der Waals surface area contributed by atoms with Crippen LogP contribution in [0.25, 0.3) is 4.85 Å². The first-order valence-electron chi connectivity index (χ1n) is 5.41. The van der Waals surface area contributed by atoms with Crippen LogP contribution in [0.15, 0.2) is 48.5 Å². The Bertz CT molecular complexity index is 612. The molecule has 0 amide bonds. The lowest BCUT2D eigenvalue weighted by Gasteiger charge is -2.06. The van der Waals surface area contributed by atoms with E-state index in [1.165, 1.54) is 7.11 Å². The van der Waals surface area contributed by atoms with Gasteiger partial charge in [-0.05, 0) is 6.07 Å². The largest absolute Gasteiger partial charge is 0.508 e. The van der Waals surface area contributed by atoms with Gasteiger partial charge in [0.1, 0.15) is 5.75 Å². The highest BCUT2D eigenvalue weighted by molar-refractivity contribution is 6.09. The highest BCUT2D eigenvalue weighted by atomic mass is 16.5. The van der Waals surface area contributed by atoms with Gasteiger partial charge in [0.05, 0.1) is 13.7 Å². The fraction of sp³-hybridized carbons (Fsp3) is 0.0667. The third-order valence-electron chi connectivity index (χ3n) is 2.60. The highest BCUT2D eigenvalue weighted by Gasteiger charge is 2.11. The van der Waals surface area contributed by atoms with Crippen LogP contribution in [0.5, 0.6) is 5.75 Å². The molecule has 0 aliphatic heterocycles. The lowest BCUT2D eigenvalue weighted by atomic mass is 10.0. The van der Waals surface area contributed by atoms with Crippen LogP contribution in [0, 0.1) is 6.57 Å². The van der Waals surface area contributed by atoms with Gasteiger partial charge in [-0.1, -0.05) is 42.5 Å². The number of hydrogen-bond acceptors (Lipinski definition) is 2. The molecule has 0 fully saturated rings. The van der Waals surface area contributed by atoms with E-state index in [0.29, 0.717) is 22.6 Å². The van der Waals surface area contributed by atoms with Crippen LogP contribution in [0.2, 0.25) is 0 Å². The molecule has 0 aliphatic rings. The number of ether oxygens (including phenoxy) is 1. The van der Waals surface area contributed by atoms with Gasteiger partial charge in [0.15, 0.2) is 5.78 Å². The maximum atomic E-state index is 12.2. The van der Waals surface area contributed by atoms with Crippen molar-refractivity contribution in [1.29, 1.82) is 0 Å². The molecule has 0 N–H and O–H groups in total. The summed E-state index contributed by atoms with van der Waals surface area (Å²) in [6.45, 7) is 6.99. The predicted molar refractivity (Wildman–Crippen MR) is 69.1 cm³/mol. The topological polar surface area (TPSA) is 30.7 Å². The van der Waals surface area contributed by atoms with Gasteiger partial charge in [-0.3, -0.25) is 4.79 Å². The van der Waals surface area contributed by atoms with Crippen molar-refractivity contribution in [3.05, 3.63) is 71.1 Å². The molecule has 0 bridgehead atoms. The van der Waals surface area contributed by atoms with Crippen LogP contribution < -0.4 is 4.74 Å². The van der Waals surface area contributed by atoms with E-state index in [1.807, 2.05) is 18.2 Å². The first-order chi connectivity index (χ1) is 8.76. The zero-order chi connectivity index (χ0) is 13.0. The van der Waals surface area contributed by atoms with Crippen molar-refractivity contribution in [3.8, 4) is 5.75 Å². The number of nitrogens with zero attached hydrogens (tertiary/aromatic N) is 1. The fourth-order valence-electron chi connectivity index (χ4n) is 1.67.